The zero-order chi connectivity index (χ0) is 12.3. The normalized spacial score (nSPS) is 11.1. The van der Waals surface area contributed by atoms with Gasteiger partial charge in [0, 0.05) is 11.6 Å². The van der Waals surface area contributed by atoms with Crippen molar-refractivity contribution in [3.8, 4) is 0 Å². The molecule has 0 saturated carbocycles. The van der Waals surface area contributed by atoms with E-state index >= 15 is 0 Å². The first-order valence-corrected chi connectivity index (χ1v) is 7.03. The molecule has 0 unspecified atom stereocenters. The highest BCUT2D eigenvalue weighted by Crippen LogP contribution is 2.21. The van der Waals surface area contributed by atoms with Crippen LogP contribution in [0.2, 0.25) is 0 Å². The van der Waals surface area contributed by atoms with Crippen LogP contribution in [-0.2, 0) is 10.0 Å². The summed E-state index contributed by atoms with van der Waals surface area (Å²) in [6.45, 7) is 0. The van der Waals surface area contributed by atoms with Crippen LogP contribution in [0.4, 0.5) is 11.4 Å². The number of hydrazine groups is 1. The number of nitrogens with zero attached hydrogens (tertiary/aromatic N) is 1. The highest BCUT2D eigenvalue weighted by Gasteiger charge is 2.19. The van der Waals surface area contributed by atoms with Crippen LogP contribution in [0.5, 0.6) is 0 Å². The zero-order valence-electron chi connectivity index (χ0n) is 8.62. The summed E-state index contributed by atoms with van der Waals surface area (Å²) in [6, 6.07) is 4.80. The monoisotopic (exact) mass is 270 g/mol. The van der Waals surface area contributed by atoms with Crippen molar-refractivity contribution in [2.75, 3.05) is 10.1 Å². The van der Waals surface area contributed by atoms with E-state index in [-0.39, 0.29) is 10.7 Å². The topological polar surface area (TPSA) is 97.1 Å². The molecule has 0 atom stereocenters. The first-order chi connectivity index (χ1) is 8.13. The fourth-order valence-corrected chi connectivity index (χ4v) is 3.05. The van der Waals surface area contributed by atoms with Gasteiger partial charge in [-0.15, -0.1) is 0 Å². The van der Waals surface area contributed by atoms with Gasteiger partial charge in [-0.1, -0.05) is 0 Å². The Hall–Kier alpha value is -1.64. The van der Waals surface area contributed by atoms with Gasteiger partial charge in [0.2, 0.25) is 5.03 Å². The molecule has 0 saturated heterocycles. The van der Waals surface area contributed by atoms with Crippen LogP contribution >= 0.6 is 11.3 Å². The summed E-state index contributed by atoms with van der Waals surface area (Å²) < 4.78 is 26.4. The minimum atomic E-state index is -3.72. The molecule has 17 heavy (non-hydrogen) atoms. The van der Waals surface area contributed by atoms with Gasteiger partial charge < -0.3 is 5.43 Å². The zero-order valence-corrected chi connectivity index (χ0v) is 10.3. The largest absolute Gasteiger partial charge is 0.321 e. The molecular formula is C9H10N4O2S2. The Morgan fingerprint density at radius 1 is 1.35 bits per heavy atom. The average molecular weight is 270 g/mol. The number of hydrogen-bond donors (Lipinski definition) is 3. The van der Waals surface area contributed by atoms with Crippen molar-refractivity contribution in [1.82, 2.24) is 4.98 Å². The number of rotatable bonds is 4. The number of thiophene rings is 1. The molecule has 0 aliphatic carbocycles. The lowest BCUT2D eigenvalue weighted by atomic mass is 10.4. The lowest BCUT2D eigenvalue weighted by Gasteiger charge is -2.09. The van der Waals surface area contributed by atoms with E-state index < -0.39 is 10.0 Å². The molecule has 8 heteroatoms. The van der Waals surface area contributed by atoms with Crippen molar-refractivity contribution in [1.29, 1.82) is 0 Å². The summed E-state index contributed by atoms with van der Waals surface area (Å²) in [5.74, 6) is 5.24. The third-order valence-corrected chi connectivity index (χ3v) is 3.98. The molecule has 2 rings (SSSR count). The SMILES string of the molecule is NNc1cccnc1S(=O)(=O)Nc1ccsc1. The van der Waals surface area contributed by atoms with Crippen molar-refractivity contribution >= 4 is 32.7 Å². The Morgan fingerprint density at radius 3 is 2.82 bits per heavy atom. The second-order valence-corrected chi connectivity index (χ2v) is 5.50. The maximum absolute atomic E-state index is 12.0. The molecule has 2 aromatic rings. The second kappa shape index (κ2) is 4.70. The van der Waals surface area contributed by atoms with Gasteiger partial charge in [-0.05, 0) is 23.6 Å². The summed E-state index contributed by atoms with van der Waals surface area (Å²) in [5, 5.41) is 3.34. The quantitative estimate of drug-likeness (QED) is 0.573. The molecule has 6 nitrogen and oxygen atoms in total. The van der Waals surface area contributed by atoms with E-state index in [1.54, 1.807) is 22.9 Å². The van der Waals surface area contributed by atoms with Crippen LogP contribution in [-0.4, -0.2) is 13.4 Å². The van der Waals surface area contributed by atoms with E-state index in [1.165, 1.54) is 23.6 Å². The Balaban J connectivity index is 2.38. The number of aromatic nitrogens is 1. The van der Waals surface area contributed by atoms with Gasteiger partial charge >= 0.3 is 0 Å². The molecule has 4 N–H and O–H groups in total. The van der Waals surface area contributed by atoms with E-state index in [0.717, 1.165) is 0 Å². The number of nitrogens with two attached hydrogens (primary N) is 1. The van der Waals surface area contributed by atoms with Gasteiger partial charge in [-0.2, -0.15) is 19.8 Å². The molecule has 0 spiro atoms. The number of nitrogens with one attached hydrogen (secondary N) is 2. The maximum atomic E-state index is 12.0. The predicted molar refractivity (Wildman–Crippen MR) is 67.2 cm³/mol. The van der Waals surface area contributed by atoms with Gasteiger partial charge in [0.05, 0.1) is 11.4 Å². The number of hydrogen-bond acceptors (Lipinski definition) is 6. The molecule has 2 heterocycles. The lowest BCUT2D eigenvalue weighted by molar-refractivity contribution is 0.598. The summed E-state index contributed by atoms with van der Waals surface area (Å²) in [4.78, 5) is 3.81. The van der Waals surface area contributed by atoms with Gasteiger partial charge in [0.25, 0.3) is 10.0 Å². The molecule has 90 valence electrons. The van der Waals surface area contributed by atoms with E-state index in [0.29, 0.717) is 5.69 Å². The van der Waals surface area contributed by atoms with Crippen LogP contribution in [0.3, 0.4) is 0 Å². The predicted octanol–water partition coefficient (Wildman–Crippen LogP) is 1.23. The van der Waals surface area contributed by atoms with E-state index in [4.69, 9.17) is 5.84 Å². The van der Waals surface area contributed by atoms with E-state index in [9.17, 15) is 8.42 Å². The Bertz CT molecular complexity index is 595. The van der Waals surface area contributed by atoms with Crippen LogP contribution < -0.4 is 16.0 Å². The first-order valence-electron chi connectivity index (χ1n) is 4.60. The van der Waals surface area contributed by atoms with Gasteiger partial charge in [-0.3, -0.25) is 10.6 Å². The maximum Gasteiger partial charge on any atom is 0.281 e. The van der Waals surface area contributed by atoms with Crippen LogP contribution in [0.15, 0.2) is 40.2 Å². The van der Waals surface area contributed by atoms with Crippen molar-refractivity contribution in [2.24, 2.45) is 5.84 Å². The molecular weight excluding hydrogens is 260 g/mol. The summed E-state index contributed by atoms with van der Waals surface area (Å²) in [5.41, 5.74) is 3.05. The van der Waals surface area contributed by atoms with Crippen LogP contribution in [0, 0.1) is 0 Å². The molecule has 0 aliphatic rings. The van der Waals surface area contributed by atoms with Crippen molar-refractivity contribution < 1.29 is 8.42 Å². The number of pyridine rings is 1. The van der Waals surface area contributed by atoms with Crippen molar-refractivity contribution in [3.05, 3.63) is 35.2 Å². The van der Waals surface area contributed by atoms with Gasteiger partial charge in [-0.25, -0.2) is 4.98 Å². The molecule has 2 aromatic heterocycles. The second-order valence-electron chi connectivity index (χ2n) is 3.12. The Kier molecular flexibility index (Phi) is 3.27. The molecule has 0 aromatic carbocycles. The molecule has 0 bridgehead atoms. The number of sulfonamides is 1. The summed E-state index contributed by atoms with van der Waals surface area (Å²) in [6.07, 6.45) is 1.39. The third-order valence-electron chi connectivity index (χ3n) is 1.95. The number of nitrogen functional groups attached to an aromatic ring is 1. The molecule has 0 fully saturated rings. The smallest absolute Gasteiger partial charge is 0.281 e. The van der Waals surface area contributed by atoms with E-state index in [1.807, 2.05) is 0 Å². The first kappa shape index (κ1) is 11.8. The Morgan fingerprint density at radius 2 is 2.18 bits per heavy atom. The highest BCUT2D eigenvalue weighted by molar-refractivity contribution is 7.92. The minimum Gasteiger partial charge on any atom is -0.321 e. The summed E-state index contributed by atoms with van der Waals surface area (Å²) >= 11 is 1.40. The van der Waals surface area contributed by atoms with E-state index in [2.05, 4.69) is 15.1 Å². The highest BCUT2D eigenvalue weighted by atomic mass is 32.2. The molecule has 0 aliphatic heterocycles. The minimum absolute atomic E-state index is 0.131. The van der Waals surface area contributed by atoms with Crippen molar-refractivity contribution in [3.63, 3.8) is 0 Å². The fourth-order valence-electron chi connectivity index (χ4n) is 1.24. The fraction of sp³-hybridized carbons (Fsp3) is 0. The molecule has 0 radical (unpaired) electrons. The van der Waals surface area contributed by atoms with Gasteiger partial charge in [0.15, 0.2) is 0 Å². The standard InChI is InChI=1S/C9H10N4O2S2/c10-12-8-2-1-4-11-9(8)17(14,15)13-7-3-5-16-6-7/h1-6,12-13H,10H2. The molecule has 0 amide bonds. The lowest BCUT2D eigenvalue weighted by Crippen LogP contribution is -2.18. The average Bonchev–Trinajstić information content (AvgIpc) is 2.81. The van der Waals surface area contributed by atoms with Crippen LogP contribution in [0.1, 0.15) is 0 Å². The van der Waals surface area contributed by atoms with Crippen LogP contribution in [0.25, 0.3) is 0 Å². The van der Waals surface area contributed by atoms with Crippen molar-refractivity contribution in [2.45, 2.75) is 5.03 Å². The Labute approximate surface area is 103 Å². The third kappa shape index (κ3) is 2.54. The van der Waals surface area contributed by atoms with Gasteiger partial charge in [0.1, 0.15) is 0 Å². The number of anilines is 2. The summed E-state index contributed by atoms with van der Waals surface area (Å²) in [7, 11) is -3.72.